The molecule has 0 saturated heterocycles. The van der Waals surface area contributed by atoms with Crippen molar-refractivity contribution in [1.82, 2.24) is 24.5 Å². The number of aryl methyl sites for hydroxylation is 1. The van der Waals surface area contributed by atoms with Crippen LogP contribution >= 0.6 is 11.8 Å². The van der Waals surface area contributed by atoms with Crippen LogP contribution in [0, 0.1) is 0 Å². The van der Waals surface area contributed by atoms with Crippen molar-refractivity contribution in [3.05, 3.63) is 84.4 Å². The molecule has 0 atom stereocenters. The molecule has 0 fully saturated rings. The molecule has 0 aliphatic rings. The summed E-state index contributed by atoms with van der Waals surface area (Å²) >= 11 is 1.51. The molecule has 2 aromatic heterocycles. The van der Waals surface area contributed by atoms with Gasteiger partial charge in [0.2, 0.25) is 0 Å². The molecule has 0 spiro atoms. The van der Waals surface area contributed by atoms with Gasteiger partial charge in [0.1, 0.15) is 6.33 Å². The molecular weight excluding hydrogens is 372 g/mol. The number of anilines is 1. The lowest BCUT2D eigenvalue weighted by Crippen LogP contribution is -2.11. The molecule has 0 aliphatic carbocycles. The van der Waals surface area contributed by atoms with Crippen LogP contribution in [0.15, 0.2) is 83.4 Å². The Balaban J connectivity index is 1.38. The molecule has 1 N–H and O–H groups in total. The maximum Gasteiger partial charge on any atom is 0.258 e. The van der Waals surface area contributed by atoms with Crippen LogP contribution in [-0.2, 0) is 13.6 Å². The predicted molar refractivity (Wildman–Crippen MR) is 107 cm³/mol. The SMILES string of the molecule is Cn1cnnc1Sc1ccc(NC(=O)c2cnn(Cc3ccccc3)c2)cc1. The minimum Gasteiger partial charge on any atom is -0.322 e. The van der Waals surface area contributed by atoms with E-state index in [1.165, 1.54) is 11.8 Å². The second-order valence-corrected chi connectivity index (χ2v) is 7.26. The fourth-order valence-electron chi connectivity index (χ4n) is 2.62. The Hall–Kier alpha value is -3.39. The average molecular weight is 390 g/mol. The summed E-state index contributed by atoms with van der Waals surface area (Å²) in [5, 5.41) is 15.9. The minimum atomic E-state index is -0.187. The Morgan fingerprint density at radius 2 is 1.89 bits per heavy atom. The molecule has 0 unspecified atom stereocenters. The average Bonchev–Trinajstić information content (AvgIpc) is 3.34. The molecule has 4 rings (SSSR count). The molecule has 2 aromatic carbocycles. The van der Waals surface area contributed by atoms with E-state index < -0.39 is 0 Å². The van der Waals surface area contributed by atoms with Gasteiger partial charge in [0.25, 0.3) is 5.91 Å². The van der Waals surface area contributed by atoms with Crippen molar-refractivity contribution in [1.29, 1.82) is 0 Å². The zero-order chi connectivity index (χ0) is 19.3. The second kappa shape index (κ2) is 8.10. The lowest BCUT2D eigenvalue weighted by atomic mass is 10.2. The molecule has 0 radical (unpaired) electrons. The van der Waals surface area contributed by atoms with Crippen molar-refractivity contribution >= 4 is 23.4 Å². The van der Waals surface area contributed by atoms with Gasteiger partial charge < -0.3 is 9.88 Å². The summed E-state index contributed by atoms with van der Waals surface area (Å²) in [5.74, 6) is -0.187. The van der Waals surface area contributed by atoms with Crippen LogP contribution < -0.4 is 5.32 Å². The van der Waals surface area contributed by atoms with E-state index >= 15 is 0 Å². The highest BCUT2D eigenvalue weighted by Crippen LogP contribution is 2.26. The Kier molecular flexibility index (Phi) is 5.20. The van der Waals surface area contributed by atoms with E-state index in [0.29, 0.717) is 12.1 Å². The lowest BCUT2D eigenvalue weighted by Gasteiger charge is -2.05. The first-order valence-electron chi connectivity index (χ1n) is 8.67. The van der Waals surface area contributed by atoms with Gasteiger partial charge in [-0.15, -0.1) is 10.2 Å². The van der Waals surface area contributed by atoms with E-state index in [9.17, 15) is 4.79 Å². The Bertz CT molecular complexity index is 1070. The van der Waals surface area contributed by atoms with Gasteiger partial charge in [-0.05, 0) is 41.6 Å². The molecule has 140 valence electrons. The van der Waals surface area contributed by atoms with E-state index in [4.69, 9.17) is 0 Å². The van der Waals surface area contributed by atoms with Crippen molar-refractivity contribution < 1.29 is 4.79 Å². The summed E-state index contributed by atoms with van der Waals surface area (Å²) in [6, 6.07) is 17.6. The third kappa shape index (κ3) is 4.29. The van der Waals surface area contributed by atoms with Crippen molar-refractivity contribution in [3.63, 3.8) is 0 Å². The molecule has 8 heteroatoms. The van der Waals surface area contributed by atoms with Gasteiger partial charge in [-0.1, -0.05) is 30.3 Å². The number of hydrogen-bond donors (Lipinski definition) is 1. The fourth-order valence-corrected chi connectivity index (χ4v) is 3.38. The highest BCUT2D eigenvalue weighted by molar-refractivity contribution is 7.99. The van der Waals surface area contributed by atoms with E-state index in [1.54, 1.807) is 23.4 Å². The van der Waals surface area contributed by atoms with Crippen LogP contribution in [0.3, 0.4) is 0 Å². The topological polar surface area (TPSA) is 77.6 Å². The Morgan fingerprint density at radius 1 is 1.11 bits per heavy atom. The van der Waals surface area contributed by atoms with Gasteiger partial charge in [0.05, 0.1) is 18.3 Å². The number of nitrogens with one attached hydrogen (secondary N) is 1. The third-order valence-corrected chi connectivity index (χ3v) is 5.13. The first kappa shape index (κ1) is 18.0. The number of benzene rings is 2. The predicted octanol–water partition coefficient (Wildman–Crippen LogP) is 3.46. The molecular formula is C20H18N6OS. The molecule has 0 bridgehead atoms. The standard InChI is InChI=1S/C20H18N6OS/c1-25-14-21-24-20(25)28-18-9-7-17(8-10-18)23-19(27)16-11-22-26(13-16)12-15-5-3-2-4-6-15/h2-11,13-14H,12H2,1H3,(H,23,27). The molecule has 1 amide bonds. The number of hydrogen-bond acceptors (Lipinski definition) is 5. The number of rotatable bonds is 6. The highest BCUT2D eigenvalue weighted by Gasteiger charge is 2.10. The lowest BCUT2D eigenvalue weighted by molar-refractivity contribution is 0.102. The largest absolute Gasteiger partial charge is 0.322 e. The van der Waals surface area contributed by atoms with Crippen molar-refractivity contribution in [2.45, 2.75) is 16.6 Å². The fraction of sp³-hybridized carbons (Fsp3) is 0.100. The minimum absolute atomic E-state index is 0.187. The normalized spacial score (nSPS) is 10.8. The van der Waals surface area contributed by atoms with E-state index in [0.717, 1.165) is 21.3 Å². The quantitative estimate of drug-likeness (QED) is 0.545. The molecule has 0 saturated carbocycles. The maximum atomic E-state index is 12.5. The Labute approximate surface area is 166 Å². The zero-order valence-electron chi connectivity index (χ0n) is 15.2. The van der Waals surface area contributed by atoms with Crippen molar-refractivity contribution in [2.24, 2.45) is 7.05 Å². The Morgan fingerprint density at radius 3 is 2.61 bits per heavy atom. The second-order valence-electron chi connectivity index (χ2n) is 6.22. The van der Waals surface area contributed by atoms with Gasteiger partial charge in [0.15, 0.2) is 5.16 Å². The highest BCUT2D eigenvalue weighted by atomic mass is 32.2. The van der Waals surface area contributed by atoms with Gasteiger partial charge in [-0.2, -0.15) is 5.10 Å². The van der Waals surface area contributed by atoms with Gasteiger partial charge >= 0.3 is 0 Å². The first-order chi connectivity index (χ1) is 13.7. The maximum absolute atomic E-state index is 12.5. The monoisotopic (exact) mass is 390 g/mol. The number of amides is 1. The summed E-state index contributed by atoms with van der Waals surface area (Å²) in [7, 11) is 1.90. The molecule has 7 nitrogen and oxygen atoms in total. The van der Waals surface area contributed by atoms with E-state index in [-0.39, 0.29) is 5.91 Å². The molecule has 28 heavy (non-hydrogen) atoms. The summed E-state index contributed by atoms with van der Waals surface area (Å²) < 4.78 is 3.61. The van der Waals surface area contributed by atoms with Crippen LogP contribution in [0.25, 0.3) is 0 Å². The van der Waals surface area contributed by atoms with Crippen molar-refractivity contribution in [3.8, 4) is 0 Å². The summed E-state index contributed by atoms with van der Waals surface area (Å²) in [4.78, 5) is 13.5. The van der Waals surface area contributed by atoms with Crippen LogP contribution in [0.2, 0.25) is 0 Å². The zero-order valence-corrected chi connectivity index (χ0v) is 16.0. The summed E-state index contributed by atoms with van der Waals surface area (Å²) in [6.07, 6.45) is 4.99. The number of carbonyl (C=O) groups is 1. The van der Waals surface area contributed by atoms with Gasteiger partial charge in [-0.25, -0.2) is 0 Å². The molecule has 2 heterocycles. The van der Waals surface area contributed by atoms with Gasteiger partial charge in [-0.3, -0.25) is 9.48 Å². The first-order valence-corrected chi connectivity index (χ1v) is 9.49. The van der Waals surface area contributed by atoms with Crippen LogP contribution in [0.5, 0.6) is 0 Å². The van der Waals surface area contributed by atoms with Crippen molar-refractivity contribution in [2.75, 3.05) is 5.32 Å². The molecule has 0 aliphatic heterocycles. The van der Waals surface area contributed by atoms with E-state index in [2.05, 4.69) is 20.6 Å². The van der Waals surface area contributed by atoms with Crippen LogP contribution in [-0.4, -0.2) is 30.5 Å². The number of aromatic nitrogens is 5. The smallest absolute Gasteiger partial charge is 0.258 e. The summed E-state index contributed by atoms with van der Waals surface area (Å²) in [6.45, 7) is 0.627. The van der Waals surface area contributed by atoms with Gasteiger partial charge in [0, 0.05) is 23.8 Å². The molecule has 4 aromatic rings. The van der Waals surface area contributed by atoms with Crippen LogP contribution in [0.1, 0.15) is 15.9 Å². The van der Waals surface area contributed by atoms with E-state index in [1.807, 2.05) is 66.2 Å². The number of carbonyl (C=O) groups excluding carboxylic acids is 1. The third-order valence-electron chi connectivity index (χ3n) is 4.07. The number of nitrogens with zero attached hydrogens (tertiary/aromatic N) is 5. The van der Waals surface area contributed by atoms with Crippen LogP contribution in [0.4, 0.5) is 5.69 Å². The summed E-state index contributed by atoms with van der Waals surface area (Å²) in [5.41, 5.74) is 2.38.